The number of hydrogen-bond acceptors (Lipinski definition) is 5. The summed E-state index contributed by atoms with van der Waals surface area (Å²) in [6.45, 7) is 1.44. The molecule has 11 heteroatoms. The molecule has 0 aliphatic carbocycles. The molecule has 1 aromatic rings. The highest BCUT2D eigenvalue weighted by atomic mass is 35.5. The smallest absolute Gasteiger partial charge is 0.379 e. The highest BCUT2D eigenvalue weighted by Gasteiger charge is 2.33. The monoisotopic (exact) mass is 422 g/mol. The molecule has 0 saturated carbocycles. The van der Waals surface area contributed by atoms with Crippen molar-refractivity contribution in [3.63, 3.8) is 0 Å². The van der Waals surface area contributed by atoms with Crippen LogP contribution in [0, 0.1) is 10.1 Å². The summed E-state index contributed by atoms with van der Waals surface area (Å²) in [7, 11) is 0. The molecule has 2 unspecified atom stereocenters. The van der Waals surface area contributed by atoms with Crippen molar-refractivity contribution >= 4 is 29.7 Å². The predicted molar refractivity (Wildman–Crippen MR) is 99.6 cm³/mol. The molecule has 0 radical (unpaired) electrons. The lowest BCUT2D eigenvalue weighted by molar-refractivity contribution is -0.384. The van der Waals surface area contributed by atoms with Gasteiger partial charge in [0, 0.05) is 44.2 Å². The third-order valence-corrected chi connectivity index (χ3v) is 5.05. The molecule has 7 nitrogen and oxygen atoms in total. The third-order valence-electron chi connectivity index (χ3n) is 5.05. The van der Waals surface area contributed by atoms with Gasteiger partial charge in [0.05, 0.1) is 10.5 Å². The summed E-state index contributed by atoms with van der Waals surface area (Å²) in [6.07, 6.45) is -1.45. The van der Waals surface area contributed by atoms with E-state index in [4.69, 9.17) is 0 Å². The van der Waals surface area contributed by atoms with E-state index in [-0.39, 0.29) is 37.0 Å². The Labute approximate surface area is 166 Å². The Kier molecular flexibility index (Phi) is 7.11. The van der Waals surface area contributed by atoms with Gasteiger partial charge in [0.15, 0.2) is 0 Å². The summed E-state index contributed by atoms with van der Waals surface area (Å²) >= 11 is 0. The average Bonchev–Trinajstić information content (AvgIpc) is 2.92. The van der Waals surface area contributed by atoms with Crippen molar-refractivity contribution in [1.29, 1.82) is 0 Å². The molecule has 2 aliphatic rings. The molecule has 156 valence electrons. The first-order chi connectivity index (χ1) is 12.7. The number of likely N-dealkylation sites (tertiary alicyclic amines) is 1. The van der Waals surface area contributed by atoms with Gasteiger partial charge in [-0.3, -0.25) is 14.9 Å². The fraction of sp³-hybridized carbons (Fsp3) is 0.588. The minimum atomic E-state index is -4.65. The van der Waals surface area contributed by atoms with E-state index in [1.165, 1.54) is 0 Å². The number of halogens is 4. The number of carbonyl (C=O) groups excluding carboxylic acids is 1. The van der Waals surface area contributed by atoms with Crippen molar-refractivity contribution in [2.45, 2.75) is 43.9 Å². The largest absolute Gasteiger partial charge is 0.416 e. The van der Waals surface area contributed by atoms with Gasteiger partial charge in [-0.05, 0) is 31.4 Å². The molecule has 2 saturated heterocycles. The number of amides is 1. The number of anilines is 1. The van der Waals surface area contributed by atoms with Crippen molar-refractivity contribution in [2.75, 3.05) is 25.0 Å². The zero-order valence-corrected chi connectivity index (χ0v) is 15.8. The van der Waals surface area contributed by atoms with E-state index in [1.807, 2.05) is 0 Å². The van der Waals surface area contributed by atoms with Crippen LogP contribution < -0.4 is 10.6 Å². The summed E-state index contributed by atoms with van der Waals surface area (Å²) in [6, 6.07) is 3.09. The first-order valence-electron chi connectivity index (χ1n) is 8.87. The summed E-state index contributed by atoms with van der Waals surface area (Å²) < 4.78 is 38.2. The molecule has 2 N–H and O–H groups in total. The molecule has 3 rings (SSSR count). The van der Waals surface area contributed by atoms with E-state index in [0.29, 0.717) is 31.2 Å². The van der Waals surface area contributed by atoms with Crippen LogP contribution in [0.5, 0.6) is 0 Å². The lowest BCUT2D eigenvalue weighted by Gasteiger charge is -2.24. The predicted octanol–water partition coefficient (Wildman–Crippen LogP) is 3.19. The van der Waals surface area contributed by atoms with Gasteiger partial charge >= 0.3 is 6.18 Å². The van der Waals surface area contributed by atoms with Crippen molar-refractivity contribution < 1.29 is 22.9 Å². The molecule has 2 bridgehead atoms. The van der Waals surface area contributed by atoms with Gasteiger partial charge in [0.2, 0.25) is 5.91 Å². The normalized spacial score (nSPS) is 21.6. The summed E-state index contributed by atoms with van der Waals surface area (Å²) in [4.78, 5) is 24.4. The summed E-state index contributed by atoms with van der Waals surface area (Å²) in [5.74, 6) is -0.0635. The Bertz CT molecular complexity index is 732. The van der Waals surface area contributed by atoms with E-state index in [0.717, 1.165) is 31.4 Å². The Morgan fingerprint density at radius 1 is 1.29 bits per heavy atom. The van der Waals surface area contributed by atoms with Gasteiger partial charge in [-0.2, -0.15) is 13.2 Å². The second kappa shape index (κ2) is 8.95. The van der Waals surface area contributed by atoms with Crippen molar-refractivity contribution in [3.05, 3.63) is 33.9 Å². The molecule has 1 aromatic carbocycles. The number of nitrogens with zero attached hydrogens (tertiary/aromatic N) is 2. The van der Waals surface area contributed by atoms with Crippen LogP contribution in [0.4, 0.5) is 24.5 Å². The summed E-state index contributed by atoms with van der Waals surface area (Å²) in [5, 5.41) is 17.3. The molecule has 0 aromatic heterocycles. The first-order valence-corrected chi connectivity index (χ1v) is 8.87. The number of nitrogens with one attached hydrogen (secondary N) is 2. The van der Waals surface area contributed by atoms with Crippen molar-refractivity contribution in [3.8, 4) is 0 Å². The van der Waals surface area contributed by atoms with Crippen molar-refractivity contribution in [2.24, 2.45) is 0 Å². The number of benzene rings is 1. The van der Waals surface area contributed by atoms with Crippen LogP contribution >= 0.6 is 12.4 Å². The van der Waals surface area contributed by atoms with Gasteiger partial charge in [-0.1, -0.05) is 0 Å². The SMILES string of the molecule is Cl.O=C(CCNc1ccc(C(F)(F)F)cc1[N+](=O)[O-])N1CCC2CCC(C1)N2. The third kappa shape index (κ3) is 5.26. The number of rotatable bonds is 5. The molecule has 28 heavy (non-hydrogen) atoms. The number of nitro benzene ring substituents is 1. The van der Waals surface area contributed by atoms with E-state index in [2.05, 4.69) is 10.6 Å². The highest BCUT2D eigenvalue weighted by molar-refractivity contribution is 5.85. The molecule has 2 aliphatic heterocycles. The molecule has 0 spiro atoms. The number of fused-ring (bicyclic) bond motifs is 2. The lowest BCUT2D eigenvalue weighted by Crippen LogP contribution is -2.39. The van der Waals surface area contributed by atoms with Crippen LogP contribution in [0.15, 0.2) is 18.2 Å². The standard InChI is InChI=1S/C17H21F3N4O3.ClH/c18-17(19,20)11-1-4-14(15(9-11)24(26)27)21-7-5-16(25)23-8-6-12-2-3-13(10-23)22-12;/h1,4,9,12-13,21-22H,2-3,5-8,10H2;1H. The molecule has 2 heterocycles. The molecule has 2 atom stereocenters. The van der Waals surface area contributed by atoms with E-state index in [1.54, 1.807) is 4.90 Å². The lowest BCUT2D eigenvalue weighted by atomic mass is 10.1. The fourth-order valence-electron chi connectivity index (χ4n) is 3.64. The Hall–Kier alpha value is -2.07. The molecular weight excluding hydrogens is 401 g/mol. The number of nitro groups is 1. The Balaban J connectivity index is 0.00000280. The van der Waals surface area contributed by atoms with Crippen LogP contribution in [0.25, 0.3) is 0 Å². The Morgan fingerprint density at radius 3 is 2.68 bits per heavy atom. The van der Waals surface area contributed by atoms with Gasteiger partial charge in [-0.15, -0.1) is 12.4 Å². The number of carbonyl (C=O) groups is 1. The second-order valence-corrected chi connectivity index (χ2v) is 6.93. The minimum absolute atomic E-state index is 0. The summed E-state index contributed by atoms with van der Waals surface area (Å²) in [5.41, 5.74) is -1.77. The average molecular weight is 423 g/mol. The van der Waals surface area contributed by atoms with Crippen LogP contribution in [-0.4, -0.2) is 47.4 Å². The molecule has 1 amide bonds. The van der Waals surface area contributed by atoms with Crippen molar-refractivity contribution in [1.82, 2.24) is 10.2 Å². The van der Waals surface area contributed by atoms with Gasteiger partial charge < -0.3 is 15.5 Å². The zero-order chi connectivity index (χ0) is 19.6. The second-order valence-electron chi connectivity index (χ2n) is 6.93. The van der Waals surface area contributed by atoms with E-state index < -0.39 is 22.4 Å². The zero-order valence-electron chi connectivity index (χ0n) is 15.0. The maximum Gasteiger partial charge on any atom is 0.416 e. The van der Waals surface area contributed by atoms with Gasteiger partial charge in [0.25, 0.3) is 5.69 Å². The quantitative estimate of drug-likeness (QED) is 0.562. The van der Waals surface area contributed by atoms with Crippen LogP contribution in [-0.2, 0) is 11.0 Å². The maximum atomic E-state index is 12.7. The molecule has 2 fully saturated rings. The van der Waals surface area contributed by atoms with Gasteiger partial charge in [-0.25, -0.2) is 0 Å². The Morgan fingerprint density at radius 2 is 2.00 bits per heavy atom. The van der Waals surface area contributed by atoms with E-state index >= 15 is 0 Å². The minimum Gasteiger partial charge on any atom is -0.379 e. The van der Waals surface area contributed by atoms with Crippen LogP contribution in [0.2, 0.25) is 0 Å². The topological polar surface area (TPSA) is 87.5 Å². The fourth-order valence-corrected chi connectivity index (χ4v) is 3.64. The number of alkyl halides is 3. The maximum absolute atomic E-state index is 12.7. The highest BCUT2D eigenvalue weighted by Crippen LogP contribution is 2.35. The molecular formula is C17H22ClF3N4O3. The number of hydrogen-bond donors (Lipinski definition) is 2. The first kappa shape index (κ1) is 22.2. The van der Waals surface area contributed by atoms with Gasteiger partial charge in [0.1, 0.15) is 5.69 Å². The van der Waals surface area contributed by atoms with Crippen LogP contribution in [0.3, 0.4) is 0 Å². The van der Waals surface area contributed by atoms with E-state index in [9.17, 15) is 28.1 Å². The van der Waals surface area contributed by atoms with Crippen LogP contribution in [0.1, 0.15) is 31.2 Å².